The highest BCUT2D eigenvalue weighted by atomic mass is 35.5. The first kappa shape index (κ1) is 29.8. The Kier molecular flexibility index (Phi) is 10.4. The van der Waals surface area contributed by atoms with E-state index in [4.69, 9.17) is 16.6 Å². The minimum Gasteiger partial charge on any atom is -0.309 e. The van der Waals surface area contributed by atoms with Crippen molar-refractivity contribution in [3.05, 3.63) is 52.5 Å². The number of hydrogen-bond donors (Lipinski definition) is 0. The first-order valence-electron chi connectivity index (χ1n) is 12.3. The summed E-state index contributed by atoms with van der Waals surface area (Å²) >= 11 is 7.68. The van der Waals surface area contributed by atoms with Crippen LogP contribution in [0.5, 0.6) is 0 Å². The molecular weight excluding hydrogens is 551 g/mol. The van der Waals surface area contributed by atoms with Gasteiger partial charge in [-0.3, -0.25) is 9.69 Å². The van der Waals surface area contributed by atoms with Gasteiger partial charge in [0, 0.05) is 30.2 Å². The van der Waals surface area contributed by atoms with Gasteiger partial charge in [0.15, 0.2) is 5.13 Å². The van der Waals surface area contributed by atoms with Gasteiger partial charge in [0.1, 0.15) is 0 Å². The standard InChI is InChI=1S/C26H33ClN4O3S2.ClH/c1-19-17-21(27)18-23-24(19)28-26(35-23)31(16-8-13-29(2)3)25(32)20-9-11-22(12-10-20)36(33,34)30-14-6-4-5-7-15-30;/h9-12,17-18H,4-8,13-16H2,1-3H3;1H. The topological polar surface area (TPSA) is 73.8 Å². The van der Waals surface area contributed by atoms with Crippen molar-refractivity contribution >= 4 is 66.6 Å². The quantitative estimate of drug-likeness (QED) is 0.332. The van der Waals surface area contributed by atoms with Crippen molar-refractivity contribution < 1.29 is 13.2 Å². The Morgan fingerprint density at radius 3 is 2.32 bits per heavy atom. The summed E-state index contributed by atoms with van der Waals surface area (Å²) < 4.78 is 28.8. The van der Waals surface area contributed by atoms with E-state index in [2.05, 4.69) is 4.90 Å². The number of amides is 1. The van der Waals surface area contributed by atoms with Crippen molar-refractivity contribution in [2.75, 3.05) is 45.2 Å². The number of sulfonamides is 1. The molecule has 3 aromatic rings. The molecule has 11 heteroatoms. The molecule has 0 saturated carbocycles. The fourth-order valence-electron chi connectivity index (χ4n) is 4.44. The lowest BCUT2D eigenvalue weighted by Gasteiger charge is -2.22. The van der Waals surface area contributed by atoms with Gasteiger partial charge in [-0.1, -0.05) is 35.8 Å². The van der Waals surface area contributed by atoms with E-state index in [9.17, 15) is 13.2 Å². The molecule has 2 aromatic carbocycles. The number of hydrogen-bond acceptors (Lipinski definition) is 6. The number of halogens is 2. The fourth-order valence-corrected chi connectivity index (χ4v) is 7.41. The number of nitrogens with zero attached hydrogens (tertiary/aromatic N) is 4. The van der Waals surface area contributed by atoms with Crippen LogP contribution in [0.25, 0.3) is 10.2 Å². The van der Waals surface area contributed by atoms with Crippen LogP contribution in [0.1, 0.15) is 48.0 Å². The van der Waals surface area contributed by atoms with Crippen molar-refractivity contribution in [3.8, 4) is 0 Å². The second kappa shape index (κ2) is 12.9. The van der Waals surface area contributed by atoms with Crippen molar-refractivity contribution in [3.63, 3.8) is 0 Å². The van der Waals surface area contributed by atoms with Crippen LogP contribution < -0.4 is 4.90 Å². The monoisotopic (exact) mass is 584 g/mol. The van der Waals surface area contributed by atoms with Gasteiger partial charge in [0.2, 0.25) is 10.0 Å². The normalized spacial score (nSPS) is 14.9. The molecule has 1 fully saturated rings. The molecule has 202 valence electrons. The summed E-state index contributed by atoms with van der Waals surface area (Å²) in [6.07, 6.45) is 4.65. The molecule has 7 nitrogen and oxygen atoms in total. The van der Waals surface area contributed by atoms with Gasteiger partial charge < -0.3 is 4.90 Å². The summed E-state index contributed by atoms with van der Waals surface area (Å²) in [4.78, 5) is 22.4. The molecule has 0 spiro atoms. The highest BCUT2D eigenvalue weighted by Crippen LogP contribution is 2.34. The molecule has 1 aliphatic heterocycles. The average molecular weight is 586 g/mol. The highest BCUT2D eigenvalue weighted by Gasteiger charge is 2.26. The molecule has 4 rings (SSSR count). The lowest BCUT2D eigenvalue weighted by Crippen LogP contribution is -2.34. The molecule has 1 amide bonds. The van der Waals surface area contributed by atoms with Crippen LogP contribution in [0.3, 0.4) is 0 Å². The smallest absolute Gasteiger partial charge is 0.260 e. The number of thiazole rings is 1. The van der Waals surface area contributed by atoms with Crippen LogP contribution in [0.15, 0.2) is 41.3 Å². The van der Waals surface area contributed by atoms with Gasteiger partial charge in [-0.2, -0.15) is 4.31 Å². The van der Waals surface area contributed by atoms with Crippen LogP contribution in [-0.2, 0) is 10.0 Å². The maximum Gasteiger partial charge on any atom is 0.260 e. The molecule has 1 saturated heterocycles. The summed E-state index contributed by atoms with van der Waals surface area (Å²) in [6.45, 7) is 4.37. The number of benzene rings is 2. The number of carbonyl (C=O) groups excluding carboxylic acids is 1. The van der Waals surface area contributed by atoms with Crippen molar-refractivity contribution in [1.82, 2.24) is 14.2 Å². The minimum atomic E-state index is -3.57. The van der Waals surface area contributed by atoms with Crippen molar-refractivity contribution in [2.45, 2.75) is 43.9 Å². The SMILES string of the molecule is Cc1cc(Cl)cc2sc(N(CCCN(C)C)C(=O)c3ccc(S(=O)(=O)N4CCCCCC4)cc3)nc12.Cl. The Labute approximate surface area is 234 Å². The Bertz CT molecular complexity index is 1320. The summed E-state index contributed by atoms with van der Waals surface area (Å²) in [6, 6.07) is 10.1. The number of aryl methyl sites for hydroxylation is 1. The largest absolute Gasteiger partial charge is 0.309 e. The number of carbonyl (C=O) groups is 1. The van der Waals surface area contributed by atoms with Gasteiger partial charge in [-0.15, -0.1) is 12.4 Å². The van der Waals surface area contributed by atoms with Crippen molar-refractivity contribution in [2.24, 2.45) is 0 Å². The van der Waals surface area contributed by atoms with E-state index < -0.39 is 10.0 Å². The maximum atomic E-state index is 13.7. The van der Waals surface area contributed by atoms with E-state index in [1.165, 1.54) is 11.3 Å². The van der Waals surface area contributed by atoms with E-state index >= 15 is 0 Å². The third kappa shape index (κ3) is 7.02. The Hall–Kier alpha value is -1.75. The lowest BCUT2D eigenvalue weighted by molar-refractivity contribution is 0.0986. The average Bonchev–Trinajstić information content (AvgIpc) is 3.06. The molecule has 2 heterocycles. The van der Waals surface area contributed by atoms with Crippen LogP contribution in [0.2, 0.25) is 5.02 Å². The minimum absolute atomic E-state index is 0. The fraction of sp³-hybridized carbons (Fsp3) is 0.462. The first-order valence-corrected chi connectivity index (χ1v) is 14.9. The number of fused-ring (bicyclic) bond motifs is 1. The van der Waals surface area contributed by atoms with Gasteiger partial charge in [0.05, 0.1) is 15.1 Å². The summed E-state index contributed by atoms with van der Waals surface area (Å²) in [7, 11) is 0.427. The van der Waals surface area contributed by atoms with Crippen LogP contribution in [0, 0.1) is 6.92 Å². The van der Waals surface area contributed by atoms with Crippen LogP contribution in [-0.4, -0.2) is 68.8 Å². The number of anilines is 1. The molecular formula is C26H34Cl2N4O3S2. The van der Waals surface area contributed by atoms with Gasteiger partial charge in [0.25, 0.3) is 5.91 Å². The number of rotatable bonds is 8. The van der Waals surface area contributed by atoms with E-state index in [-0.39, 0.29) is 23.2 Å². The summed E-state index contributed by atoms with van der Waals surface area (Å²) in [5.74, 6) is -0.199. The number of aromatic nitrogens is 1. The molecule has 1 aliphatic rings. The molecule has 0 N–H and O–H groups in total. The second-order valence-electron chi connectivity index (χ2n) is 9.52. The van der Waals surface area contributed by atoms with Gasteiger partial charge in [-0.25, -0.2) is 13.4 Å². The van der Waals surface area contributed by atoms with E-state index in [1.54, 1.807) is 33.5 Å². The van der Waals surface area contributed by atoms with Crippen LogP contribution in [0.4, 0.5) is 5.13 Å². The zero-order valence-corrected chi connectivity index (χ0v) is 24.6. The van der Waals surface area contributed by atoms with Gasteiger partial charge in [-0.05, 0) is 88.8 Å². The Balaban J connectivity index is 0.00000380. The predicted octanol–water partition coefficient (Wildman–Crippen LogP) is 5.84. The zero-order valence-electron chi connectivity index (χ0n) is 21.4. The van der Waals surface area contributed by atoms with Gasteiger partial charge >= 0.3 is 0 Å². The molecule has 0 radical (unpaired) electrons. The zero-order chi connectivity index (χ0) is 25.9. The lowest BCUT2D eigenvalue weighted by atomic mass is 10.2. The highest BCUT2D eigenvalue weighted by molar-refractivity contribution is 7.89. The van der Waals surface area contributed by atoms with Crippen LogP contribution >= 0.6 is 35.3 Å². The molecule has 0 bridgehead atoms. The summed E-state index contributed by atoms with van der Waals surface area (Å²) in [5.41, 5.74) is 2.23. The van der Waals surface area contributed by atoms with E-state index in [0.29, 0.717) is 35.4 Å². The molecule has 0 aliphatic carbocycles. The second-order valence-corrected chi connectivity index (χ2v) is 12.9. The third-order valence-electron chi connectivity index (χ3n) is 6.41. The van der Waals surface area contributed by atoms with E-state index in [1.807, 2.05) is 33.2 Å². The Morgan fingerprint density at radius 1 is 1.05 bits per heavy atom. The maximum absolute atomic E-state index is 13.7. The summed E-state index contributed by atoms with van der Waals surface area (Å²) in [5, 5.41) is 1.25. The Morgan fingerprint density at radius 2 is 1.70 bits per heavy atom. The van der Waals surface area contributed by atoms with Crippen molar-refractivity contribution in [1.29, 1.82) is 0 Å². The molecule has 0 unspecified atom stereocenters. The predicted molar refractivity (Wildman–Crippen MR) is 155 cm³/mol. The van der Waals surface area contributed by atoms with E-state index in [0.717, 1.165) is 54.4 Å². The third-order valence-corrected chi connectivity index (χ3v) is 9.56. The molecule has 0 atom stereocenters. The molecule has 37 heavy (non-hydrogen) atoms. The first-order chi connectivity index (χ1) is 17.2. The molecule has 1 aromatic heterocycles.